The number of amides is 1. The number of carboxylic acids is 1. The van der Waals surface area contributed by atoms with Gasteiger partial charge in [-0.25, -0.2) is 0 Å². The van der Waals surface area contributed by atoms with E-state index >= 15 is 0 Å². The Morgan fingerprint density at radius 1 is 1.03 bits per heavy atom. The van der Waals surface area contributed by atoms with Gasteiger partial charge in [0.05, 0.1) is 5.97 Å². The van der Waals surface area contributed by atoms with Crippen LogP contribution in [0.3, 0.4) is 0 Å². The molecule has 0 unspecified atom stereocenters. The fourth-order valence-electron chi connectivity index (χ4n) is 3.54. The molecule has 3 aromatic rings. The van der Waals surface area contributed by atoms with Crippen LogP contribution >= 0.6 is 0 Å². The molecule has 31 heavy (non-hydrogen) atoms. The Morgan fingerprint density at radius 2 is 1.74 bits per heavy atom. The SMILES string of the molecule is Cc1ccccc1NC(=O)/C(C#N)=C/c1cc(C)n(-c2ccc(C(=O)[O-])cc2C)c1C. The standard InChI is InChI=1S/C25H23N3O3/c1-15-7-5-6-8-22(15)27-24(29)21(14-26)13-20-12-17(3)28(18(20)4)23-10-9-19(25(30)31)11-16(23)2/h5-13H,1-4H3,(H,27,29)(H,30,31)/p-1/b21-13+. The summed E-state index contributed by atoms with van der Waals surface area (Å²) in [5.74, 6) is -1.70. The number of nitriles is 1. The zero-order valence-electron chi connectivity index (χ0n) is 17.8. The third-order valence-corrected chi connectivity index (χ3v) is 5.20. The lowest BCUT2D eigenvalue weighted by atomic mass is 10.1. The zero-order chi connectivity index (χ0) is 22.7. The van der Waals surface area contributed by atoms with E-state index in [0.29, 0.717) is 5.69 Å². The molecule has 3 rings (SSSR count). The minimum Gasteiger partial charge on any atom is -0.545 e. The Bertz CT molecular complexity index is 1260. The van der Waals surface area contributed by atoms with Gasteiger partial charge in [0.25, 0.3) is 5.91 Å². The van der Waals surface area contributed by atoms with Crippen LogP contribution in [-0.2, 0) is 4.79 Å². The predicted molar refractivity (Wildman–Crippen MR) is 118 cm³/mol. The summed E-state index contributed by atoms with van der Waals surface area (Å²) in [6.45, 7) is 7.51. The summed E-state index contributed by atoms with van der Waals surface area (Å²) >= 11 is 0. The van der Waals surface area contributed by atoms with E-state index in [1.807, 2.05) is 62.6 Å². The lowest BCUT2D eigenvalue weighted by Gasteiger charge is -2.14. The second-order valence-corrected chi connectivity index (χ2v) is 7.39. The second kappa shape index (κ2) is 8.72. The van der Waals surface area contributed by atoms with Crippen LogP contribution in [0.25, 0.3) is 11.8 Å². The monoisotopic (exact) mass is 412 g/mol. The zero-order valence-corrected chi connectivity index (χ0v) is 17.8. The number of rotatable bonds is 5. The van der Waals surface area contributed by atoms with Crippen LogP contribution in [0.15, 0.2) is 54.1 Å². The van der Waals surface area contributed by atoms with Crippen molar-refractivity contribution in [2.75, 3.05) is 5.32 Å². The number of nitrogens with zero attached hydrogens (tertiary/aromatic N) is 2. The van der Waals surface area contributed by atoms with Crippen LogP contribution in [0.4, 0.5) is 5.69 Å². The molecular formula is C25H22N3O3-. The summed E-state index contributed by atoms with van der Waals surface area (Å²) in [5, 5.41) is 23.5. The van der Waals surface area contributed by atoms with Gasteiger partial charge in [-0.15, -0.1) is 0 Å². The number of para-hydroxylation sites is 1. The van der Waals surface area contributed by atoms with Gasteiger partial charge in [-0.1, -0.05) is 24.3 Å². The van der Waals surface area contributed by atoms with E-state index in [-0.39, 0.29) is 11.1 Å². The lowest BCUT2D eigenvalue weighted by Crippen LogP contribution is -2.22. The fourth-order valence-corrected chi connectivity index (χ4v) is 3.54. The molecule has 0 saturated heterocycles. The number of carbonyl (C=O) groups is 2. The van der Waals surface area contributed by atoms with Gasteiger partial charge in [-0.2, -0.15) is 5.26 Å². The number of aromatic nitrogens is 1. The third-order valence-electron chi connectivity index (χ3n) is 5.20. The molecule has 0 aliphatic carbocycles. The molecule has 156 valence electrons. The highest BCUT2D eigenvalue weighted by Gasteiger charge is 2.15. The maximum atomic E-state index is 12.7. The van der Waals surface area contributed by atoms with Gasteiger partial charge in [0.2, 0.25) is 0 Å². The van der Waals surface area contributed by atoms with Crippen molar-refractivity contribution >= 4 is 23.6 Å². The molecule has 1 amide bonds. The van der Waals surface area contributed by atoms with Gasteiger partial charge in [0, 0.05) is 22.8 Å². The van der Waals surface area contributed by atoms with Gasteiger partial charge in [-0.3, -0.25) is 4.79 Å². The minimum atomic E-state index is -1.22. The molecule has 6 nitrogen and oxygen atoms in total. The Kier molecular flexibility index (Phi) is 6.07. The Balaban J connectivity index is 1.98. The highest BCUT2D eigenvalue weighted by atomic mass is 16.4. The van der Waals surface area contributed by atoms with Crippen LogP contribution in [0.2, 0.25) is 0 Å². The van der Waals surface area contributed by atoms with Crippen molar-refractivity contribution in [1.29, 1.82) is 5.26 Å². The molecule has 0 aliphatic heterocycles. The predicted octanol–water partition coefficient (Wildman–Crippen LogP) is 3.62. The van der Waals surface area contributed by atoms with Gasteiger partial charge < -0.3 is 19.8 Å². The van der Waals surface area contributed by atoms with Crippen LogP contribution in [0, 0.1) is 39.0 Å². The lowest BCUT2D eigenvalue weighted by molar-refractivity contribution is -0.255. The quantitative estimate of drug-likeness (QED) is 0.511. The van der Waals surface area contributed by atoms with Gasteiger partial charge in [-0.05, 0) is 80.3 Å². The van der Waals surface area contributed by atoms with Crippen molar-refractivity contribution in [2.45, 2.75) is 27.7 Å². The van der Waals surface area contributed by atoms with Crippen molar-refractivity contribution in [2.24, 2.45) is 0 Å². The summed E-state index contributed by atoms with van der Waals surface area (Å²) in [7, 11) is 0. The normalized spacial score (nSPS) is 11.1. The molecule has 1 N–H and O–H groups in total. The maximum absolute atomic E-state index is 12.7. The number of aromatic carboxylic acids is 1. The van der Waals surface area contributed by atoms with Crippen LogP contribution in [0.1, 0.15) is 38.4 Å². The molecule has 0 radical (unpaired) electrons. The van der Waals surface area contributed by atoms with E-state index in [0.717, 1.165) is 33.8 Å². The van der Waals surface area contributed by atoms with Crippen molar-refractivity contribution < 1.29 is 14.7 Å². The molecule has 2 aromatic carbocycles. The number of carbonyl (C=O) groups excluding carboxylic acids is 2. The second-order valence-electron chi connectivity index (χ2n) is 7.39. The Hall–Kier alpha value is -4.11. The van der Waals surface area contributed by atoms with E-state index in [1.165, 1.54) is 6.07 Å². The van der Waals surface area contributed by atoms with E-state index in [1.54, 1.807) is 24.3 Å². The molecule has 0 atom stereocenters. The summed E-state index contributed by atoms with van der Waals surface area (Å²) < 4.78 is 1.97. The average Bonchev–Trinajstić information content (AvgIpc) is 3.00. The smallest absolute Gasteiger partial charge is 0.266 e. The summed E-state index contributed by atoms with van der Waals surface area (Å²) in [5.41, 5.74) is 5.72. The topological polar surface area (TPSA) is 98.0 Å². The van der Waals surface area contributed by atoms with E-state index in [9.17, 15) is 20.0 Å². The van der Waals surface area contributed by atoms with Crippen molar-refractivity contribution in [3.63, 3.8) is 0 Å². The van der Waals surface area contributed by atoms with Crippen molar-refractivity contribution in [3.05, 3.63) is 87.7 Å². The van der Waals surface area contributed by atoms with Crippen molar-refractivity contribution in [3.8, 4) is 11.8 Å². The number of nitrogens with one attached hydrogen (secondary N) is 1. The van der Waals surface area contributed by atoms with Crippen molar-refractivity contribution in [1.82, 2.24) is 4.57 Å². The fraction of sp³-hybridized carbons (Fsp3) is 0.160. The first-order valence-electron chi connectivity index (χ1n) is 9.73. The molecule has 0 saturated carbocycles. The van der Waals surface area contributed by atoms with Crippen LogP contribution in [0.5, 0.6) is 0 Å². The average molecular weight is 412 g/mol. The molecular weight excluding hydrogens is 390 g/mol. The number of hydrogen-bond donors (Lipinski definition) is 1. The maximum Gasteiger partial charge on any atom is 0.266 e. The molecule has 1 aromatic heterocycles. The number of aryl methyl sites for hydroxylation is 3. The first kappa shape index (κ1) is 21.6. The molecule has 0 bridgehead atoms. The third kappa shape index (κ3) is 4.41. The number of hydrogen-bond acceptors (Lipinski definition) is 4. The van der Waals surface area contributed by atoms with E-state index in [4.69, 9.17) is 0 Å². The largest absolute Gasteiger partial charge is 0.545 e. The molecule has 6 heteroatoms. The Labute approximate surface area is 181 Å². The number of benzene rings is 2. The Morgan fingerprint density at radius 3 is 2.35 bits per heavy atom. The van der Waals surface area contributed by atoms with E-state index < -0.39 is 11.9 Å². The number of carboxylic acid groups (broad SMARTS) is 1. The first-order chi connectivity index (χ1) is 14.7. The molecule has 0 spiro atoms. The summed E-state index contributed by atoms with van der Waals surface area (Å²) in [6, 6.07) is 16.0. The highest BCUT2D eigenvalue weighted by Crippen LogP contribution is 2.26. The van der Waals surface area contributed by atoms with Gasteiger partial charge in [0.15, 0.2) is 0 Å². The summed E-state index contributed by atoms with van der Waals surface area (Å²) in [4.78, 5) is 23.8. The van der Waals surface area contributed by atoms with E-state index in [2.05, 4.69) is 5.32 Å². The minimum absolute atomic E-state index is 0.00692. The first-order valence-corrected chi connectivity index (χ1v) is 9.73. The van der Waals surface area contributed by atoms with Crippen LogP contribution < -0.4 is 10.4 Å². The summed E-state index contributed by atoms with van der Waals surface area (Å²) in [6.07, 6.45) is 1.57. The highest BCUT2D eigenvalue weighted by molar-refractivity contribution is 6.10. The molecule has 0 fully saturated rings. The van der Waals surface area contributed by atoms with Gasteiger partial charge in [0.1, 0.15) is 11.6 Å². The number of anilines is 1. The molecule has 1 heterocycles. The van der Waals surface area contributed by atoms with Crippen LogP contribution in [-0.4, -0.2) is 16.4 Å². The van der Waals surface area contributed by atoms with Gasteiger partial charge >= 0.3 is 0 Å². The molecule has 0 aliphatic rings.